The molecule has 6 nitrogen and oxygen atoms in total. The Kier molecular flexibility index (Phi) is 4.90. The first kappa shape index (κ1) is 17.5. The summed E-state index contributed by atoms with van der Waals surface area (Å²) in [6.07, 6.45) is 0. The third kappa shape index (κ3) is 3.84. The highest BCUT2D eigenvalue weighted by Gasteiger charge is 2.22. The molecule has 1 amide bonds. The summed E-state index contributed by atoms with van der Waals surface area (Å²) in [4.78, 5) is 11.3. The largest absolute Gasteiger partial charge is 0.455 e. The maximum Gasteiger partial charge on any atom is 0.262 e. The number of nitrogens with two attached hydrogens (primary N) is 1. The van der Waals surface area contributed by atoms with E-state index in [4.69, 9.17) is 10.5 Å². The van der Waals surface area contributed by atoms with E-state index in [9.17, 15) is 13.2 Å². The summed E-state index contributed by atoms with van der Waals surface area (Å²) < 4.78 is 33.7. The van der Waals surface area contributed by atoms with Crippen molar-refractivity contribution in [3.05, 3.63) is 84.4 Å². The number of hydrogen-bond acceptors (Lipinski definition) is 4. The average molecular weight is 368 g/mol. The van der Waals surface area contributed by atoms with Crippen molar-refractivity contribution in [3.63, 3.8) is 0 Å². The Morgan fingerprint density at radius 3 is 2.19 bits per heavy atom. The Hall–Kier alpha value is -3.32. The molecule has 0 radical (unpaired) electrons. The lowest BCUT2D eigenvalue weighted by Crippen LogP contribution is -2.20. The van der Waals surface area contributed by atoms with Crippen LogP contribution < -0.4 is 15.2 Å². The quantitative estimate of drug-likeness (QED) is 0.697. The van der Waals surface area contributed by atoms with Gasteiger partial charge in [-0.1, -0.05) is 42.5 Å². The van der Waals surface area contributed by atoms with Gasteiger partial charge in [-0.05, 0) is 36.4 Å². The molecular weight excluding hydrogens is 352 g/mol. The molecule has 3 aromatic carbocycles. The summed E-state index contributed by atoms with van der Waals surface area (Å²) in [5.74, 6) is 0.0790. The van der Waals surface area contributed by atoms with Crippen LogP contribution in [0.15, 0.2) is 83.8 Å². The minimum atomic E-state index is -4.03. The third-order valence-corrected chi connectivity index (χ3v) is 4.97. The normalized spacial score (nSPS) is 10.9. The SMILES string of the molecule is NC(=O)c1ccccc1S(=O)(=O)Nc1ccccc1Oc1ccccc1. The molecule has 3 aromatic rings. The fourth-order valence-electron chi connectivity index (χ4n) is 2.36. The number of para-hydroxylation sites is 3. The summed E-state index contributed by atoms with van der Waals surface area (Å²) in [5.41, 5.74) is 5.44. The molecule has 0 fully saturated rings. The molecule has 0 aromatic heterocycles. The van der Waals surface area contributed by atoms with Gasteiger partial charge in [-0.15, -0.1) is 0 Å². The van der Waals surface area contributed by atoms with Gasteiger partial charge in [0.2, 0.25) is 5.91 Å². The fourth-order valence-corrected chi connectivity index (χ4v) is 3.64. The highest BCUT2D eigenvalue weighted by Crippen LogP contribution is 2.31. The molecule has 0 saturated heterocycles. The van der Waals surface area contributed by atoms with E-state index in [1.165, 1.54) is 18.2 Å². The molecule has 3 rings (SSSR count). The van der Waals surface area contributed by atoms with Crippen LogP contribution in [0.4, 0.5) is 5.69 Å². The molecule has 26 heavy (non-hydrogen) atoms. The van der Waals surface area contributed by atoms with E-state index in [1.807, 2.05) is 18.2 Å². The van der Waals surface area contributed by atoms with Crippen molar-refractivity contribution in [1.82, 2.24) is 0 Å². The van der Waals surface area contributed by atoms with Crippen molar-refractivity contribution in [3.8, 4) is 11.5 Å². The van der Waals surface area contributed by atoms with Crippen LogP contribution in [0, 0.1) is 0 Å². The van der Waals surface area contributed by atoms with Crippen LogP contribution in [0.1, 0.15) is 10.4 Å². The standard InChI is InChI=1S/C19H16N2O4S/c20-19(22)15-10-4-7-13-18(15)26(23,24)21-16-11-5-6-12-17(16)25-14-8-2-1-3-9-14/h1-13,21H,(H2,20,22). The van der Waals surface area contributed by atoms with Crippen LogP contribution in [0.5, 0.6) is 11.5 Å². The highest BCUT2D eigenvalue weighted by atomic mass is 32.2. The Balaban J connectivity index is 1.95. The Morgan fingerprint density at radius 2 is 1.46 bits per heavy atom. The smallest absolute Gasteiger partial charge is 0.262 e. The summed E-state index contributed by atoms with van der Waals surface area (Å²) in [6, 6.07) is 21.4. The van der Waals surface area contributed by atoms with Gasteiger partial charge in [0, 0.05) is 0 Å². The number of carbonyl (C=O) groups is 1. The van der Waals surface area contributed by atoms with Crippen molar-refractivity contribution >= 4 is 21.6 Å². The second-order valence-electron chi connectivity index (χ2n) is 5.38. The number of anilines is 1. The van der Waals surface area contributed by atoms with Crippen LogP contribution in [-0.4, -0.2) is 14.3 Å². The average Bonchev–Trinajstić information content (AvgIpc) is 2.64. The van der Waals surface area contributed by atoms with Crippen LogP contribution in [0.3, 0.4) is 0 Å². The Bertz CT molecular complexity index is 1030. The molecule has 0 aliphatic heterocycles. The molecule has 7 heteroatoms. The predicted molar refractivity (Wildman–Crippen MR) is 98.7 cm³/mol. The molecule has 3 N–H and O–H groups in total. The molecule has 0 saturated carbocycles. The predicted octanol–water partition coefficient (Wildman–Crippen LogP) is 3.38. The van der Waals surface area contributed by atoms with E-state index in [2.05, 4.69) is 4.72 Å². The maximum atomic E-state index is 12.8. The number of amides is 1. The van der Waals surface area contributed by atoms with Crippen LogP contribution >= 0.6 is 0 Å². The Labute approximate surface area is 151 Å². The molecule has 0 unspecified atom stereocenters. The number of ether oxygens (including phenoxy) is 1. The first-order valence-corrected chi connectivity index (χ1v) is 9.19. The van der Waals surface area contributed by atoms with Crippen molar-refractivity contribution < 1.29 is 17.9 Å². The zero-order chi connectivity index (χ0) is 18.6. The molecular formula is C19H16N2O4S. The summed E-state index contributed by atoms with van der Waals surface area (Å²) in [5, 5.41) is 0. The minimum Gasteiger partial charge on any atom is -0.455 e. The molecule has 0 aliphatic carbocycles. The Morgan fingerprint density at radius 1 is 0.846 bits per heavy atom. The third-order valence-electron chi connectivity index (χ3n) is 3.54. The summed E-state index contributed by atoms with van der Waals surface area (Å²) >= 11 is 0. The van der Waals surface area contributed by atoms with Crippen molar-refractivity contribution in [2.45, 2.75) is 4.90 Å². The van der Waals surface area contributed by atoms with E-state index < -0.39 is 15.9 Å². The lowest BCUT2D eigenvalue weighted by atomic mass is 10.2. The second-order valence-corrected chi connectivity index (χ2v) is 7.03. The van der Waals surface area contributed by atoms with Gasteiger partial charge in [-0.2, -0.15) is 0 Å². The minimum absolute atomic E-state index is 0.0820. The van der Waals surface area contributed by atoms with Gasteiger partial charge in [0.05, 0.1) is 11.3 Å². The van der Waals surface area contributed by atoms with Gasteiger partial charge < -0.3 is 10.5 Å². The van der Waals surface area contributed by atoms with Crippen LogP contribution in [-0.2, 0) is 10.0 Å². The maximum absolute atomic E-state index is 12.8. The lowest BCUT2D eigenvalue weighted by Gasteiger charge is -2.14. The fraction of sp³-hybridized carbons (Fsp3) is 0. The molecule has 0 heterocycles. The van der Waals surface area contributed by atoms with Crippen molar-refractivity contribution in [2.24, 2.45) is 5.73 Å². The van der Waals surface area contributed by atoms with Gasteiger partial charge in [0.25, 0.3) is 10.0 Å². The summed E-state index contributed by atoms with van der Waals surface area (Å²) in [6.45, 7) is 0. The number of rotatable bonds is 6. The monoisotopic (exact) mass is 368 g/mol. The molecule has 0 atom stereocenters. The lowest BCUT2D eigenvalue weighted by molar-refractivity contribution is 0.0997. The zero-order valence-corrected chi connectivity index (χ0v) is 14.4. The van der Waals surface area contributed by atoms with Crippen LogP contribution in [0.2, 0.25) is 0 Å². The number of sulfonamides is 1. The van der Waals surface area contributed by atoms with Gasteiger partial charge in [0.1, 0.15) is 10.6 Å². The first-order valence-electron chi connectivity index (χ1n) is 7.71. The number of benzene rings is 3. The van der Waals surface area contributed by atoms with E-state index in [0.29, 0.717) is 11.5 Å². The number of carbonyl (C=O) groups excluding carboxylic acids is 1. The van der Waals surface area contributed by atoms with E-state index >= 15 is 0 Å². The van der Waals surface area contributed by atoms with E-state index in [0.717, 1.165) is 0 Å². The van der Waals surface area contributed by atoms with Crippen LogP contribution in [0.25, 0.3) is 0 Å². The van der Waals surface area contributed by atoms with Gasteiger partial charge >= 0.3 is 0 Å². The van der Waals surface area contributed by atoms with Gasteiger partial charge in [-0.3, -0.25) is 9.52 Å². The highest BCUT2D eigenvalue weighted by molar-refractivity contribution is 7.92. The van der Waals surface area contributed by atoms with Gasteiger partial charge in [0.15, 0.2) is 5.75 Å². The molecule has 0 bridgehead atoms. The first-order chi connectivity index (χ1) is 12.5. The van der Waals surface area contributed by atoms with E-state index in [-0.39, 0.29) is 16.1 Å². The molecule has 0 spiro atoms. The molecule has 0 aliphatic rings. The number of hydrogen-bond donors (Lipinski definition) is 2. The summed E-state index contributed by atoms with van der Waals surface area (Å²) in [7, 11) is -4.03. The van der Waals surface area contributed by atoms with E-state index in [1.54, 1.807) is 42.5 Å². The number of nitrogens with one attached hydrogen (secondary N) is 1. The topological polar surface area (TPSA) is 98.5 Å². The second kappa shape index (κ2) is 7.28. The molecule has 132 valence electrons. The van der Waals surface area contributed by atoms with Crippen molar-refractivity contribution in [1.29, 1.82) is 0 Å². The van der Waals surface area contributed by atoms with Crippen molar-refractivity contribution in [2.75, 3.05) is 4.72 Å². The van der Waals surface area contributed by atoms with Gasteiger partial charge in [-0.25, -0.2) is 8.42 Å². The number of primary amides is 1. The zero-order valence-electron chi connectivity index (χ0n) is 13.6.